The van der Waals surface area contributed by atoms with Gasteiger partial charge in [0.25, 0.3) is 5.91 Å². The summed E-state index contributed by atoms with van der Waals surface area (Å²) < 4.78 is 11.5. The van der Waals surface area contributed by atoms with Crippen LogP contribution < -0.4 is 15.0 Å². The Hall–Kier alpha value is -3.45. The molecule has 1 fully saturated rings. The Bertz CT molecular complexity index is 984. The Morgan fingerprint density at radius 3 is 2.48 bits per heavy atom. The lowest BCUT2D eigenvalue weighted by Crippen LogP contribution is -2.45. The Labute approximate surface area is 182 Å². The number of hydrogen-bond acceptors (Lipinski definition) is 6. The number of morpholine rings is 1. The summed E-state index contributed by atoms with van der Waals surface area (Å²) in [5.41, 5.74) is 1.52. The molecule has 1 saturated heterocycles. The minimum absolute atomic E-state index is 0.146. The second-order valence-electron chi connectivity index (χ2n) is 7.68. The van der Waals surface area contributed by atoms with Gasteiger partial charge in [-0.05, 0) is 61.9 Å². The second-order valence-corrected chi connectivity index (χ2v) is 7.68. The van der Waals surface area contributed by atoms with E-state index in [1.807, 2.05) is 24.4 Å². The minimum atomic E-state index is -0.146. The molecule has 4 rings (SSSR count). The van der Waals surface area contributed by atoms with Crippen LogP contribution in [0.4, 0.5) is 5.82 Å². The van der Waals surface area contributed by atoms with Gasteiger partial charge in [0.15, 0.2) is 0 Å². The van der Waals surface area contributed by atoms with Crippen molar-refractivity contribution >= 4 is 11.7 Å². The maximum atomic E-state index is 12.5. The minimum Gasteiger partial charge on any atom is -0.456 e. The van der Waals surface area contributed by atoms with Crippen LogP contribution in [0.25, 0.3) is 0 Å². The van der Waals surface area contributed by atoms with Crippen LogP contribution in [0.15, 0.2) is 67.1 Å². The molecule has 0 radical (unpaired) electrons. The number of benzene rings is 1. The van der Waals surface area contributed by atoms with Gasteiger partial charge in [0, 0.05) is 37.6 Å². The molecule has 1 aliphatic rings. The van der Waals surface area contributed by atoms with Crippen molar-refractivity contribution in [3.8, 4) is 11.5 Å². The van der Waals surface area contributed by atoms with Gasteiger partial charge in [0.2, 0.25) is 0 Å². The summed E-state index contributed by atoms with van der Waals surface area (Å²) in [5.74, 6) is 2.09. The van der Waals surface area contributed by atoms with Crippen molar-refractivity contribution in [1.82, 2.24) is 15.3 Å². The first kappa shape index (κ1) is 20.8. The third-order valence-corrected chi connectivity index (χ3v) is 4.99. The van der Waals surface area contributed by atoms with E-state index < -0.39 is 0 Å². The predicted molar refractivity (Wildman–Crippen MR) is 118 cm³/mol. The van der Waals surface area contributed by atoms with Crippen LogP contribution in [-0.2, 0) is 11.3 Å². The number of hydrogen-bond donors (Lipinski definition) is 1. The molecular weight excluding hydrogens is 392 g/mol. The Morgan fingerprint density at radius 2 is 1.84 bits per heavy atom. The van der Waals surface area contributed by atoms with Gasteiger partial charge < -0.3 is 19.7 Å². The molecule has 160 valence electrons. The molecule has 0 spiro atoms. The normalized spacial score (nSPS) is 18.5. The second kappa shape index (κ2) is 9.57. The highest BCUT2D eigenvalue weighted by Crippen LogP contribution is 2.21. The quantitative estimate of drug-likeness (QED) is 0.656. The zero-order valence-corrected chi connectivity index (χ0v) is 17.7. The lowest BCUT2D eigenvalue weighted by atomic mass is 10.2. The molecular formula is C24H26N4O3. The number of amides is 1. The van der Waals surface area contributed by atoms with Crippen LogP contribution in [0.5, 0.6) is 11.5 Å². The number of carbonyl (C=O) groups is 1. The van der Waals surface area contributed by atoms with Gasteiger partial charge in [0.1, 0.15) is 17.3 Å². The fourth-order valence-corrected chi connectivity index (χ4v) is 3.58. The number of rotatable bonds is 6. The van der Waals surface area contributed by atoms with Crippen LogP contribution in [0.3, 0.4) is 0 Å². The number of nitrogens with zero attached hydrogens (tertiary/aromatic N) is 3. The van der Waals surface area contributed by atoms with Crippen LogP contribution in [-0.4, -0.2) is 41.2 Å². The molecule has 1 aromatic carbocycles. The van der Waals surface area contributed by atoms with Crippen LogP contribution in [0, 0.1) is 0 Å². The summed E-state index contributed by atoms with van der Waals surface area (Å²) in [5, 5.41) is 2.93. The first-order chi connectivity index (χ1) is 15.1. The van der Waals surface area contributed by atoms with Crippen molar-refractivity contribution in [1.29, 1.82) is 0 Å². The number of ether oxygens (including phenoxy) is 2. The Kier molecular flexibility index (Phi) is 6.43. The highest BCUT2D eigenvalue weighted by Gasteiger charge is 2.23. The standard InChI is InChI=1S/C24H26N4O3/c1-17-15-28(16-18(2)30-17)23-10-5-19(12-26-23)13-27-24(29)20-6-8-21(9-7-20)31-22-4-3-11-25-14-22/h3-12,14,17-18H,13,15-16H2,1-2H3,(H,27,29). The molecule has 0 bridgehead atoms. The fourth-order valence-electron chi connectivity index (χ4n) is 3.58. The molecule has 2 unspecified atom stereocenters. The van der Waals surface area contributed by atoms with E-state index in [-0.39, 0.29) is 18.1 Å². The van der Waals surface area contributed by atoms with Gasteiger partial charge in [-0.3, -0.25) is 9.78 Å². The predicted octanol–water partition coefficient (Wildman–Crippen LogP) is 3.81. The molecule has 7 nitrogen and oxygen atoms in total. The van der Waals surface area contributed by atoms with E-state index in [9.17, 15) is 4.79 Å². The maximum absolute atomic E-state index is 12.5. The number of aromatic nitrogens is 2. The van der Waals surface area contributed by atoms with Crippen molar-refractivity contribution in [3.05, 3.63) is 78.2 Å². The van der Waals surface area contributed by atoms with Gasteiger partial charge in [-0.1, -0.05) is 6.07 Å². The molecule has 2 aromatic heterocycles. The van der Waals surface area contributed by atoms with Crippen LogP contribution in [0.2, 0.25) is 0 Å². The Morgan fingerprint density at radius 1 is 1.06 bits per heavy atom. The number of anilines is 1. The monoisotopic (exact) mass is 418 g/mol. The van der Waals surface area contributed by atoms with Crippen molar-refractivity contribution in [3.63, 3.8) is 0 Å². The number of carbonyl (C=O) groups excluding carboxylic acids is 1. The highest BCUT2D eigenvalue weighted by atomic mass is 16.5. The van der Waals surface area contributed by atoms with Gasteiger partial charge in [-0.15, -0.1) is 0 Å². The van der Waals surface area contributed by atoms with E-state index >= 15 is 0 Å². The van der Waals surface area contributed by atoms with E-state index in [4.69, 9.17) is 9.47 Å². The zero-order valence-electron chi connectivity index (χ0n) is 17.7. The van der Waals surface area contributed by atoms with E-state index in [1.165, 1.54) is 0 Å². The molecule has 1 N–H and O–H groups in total. The molecule has 2 atom stereocenters. The fraction of sp³-hybridized carbons (Fsp3) is 0.292. The topological polar surface area (TPSA) is 76.6 Å². The average Bonchev–Trinajstić information content (AvgIpc) is 2.78. The smallest absolute Gasteiger partial charge is 0.251 e. The molecule has 0 aliphatic carbocycles. The summed E-state index contributed by atoms with van der Waals surface area (Å²) in [7, 11) is 0. The van der Waals surface area contributed by atoms with Crippen LogP contribution >= 0.6 is 0 Å². The summed E-state index contributed by atoms with van der Waals surface area (Å²) >= 11 is 0. The van der Waals surface area contributed by atoms with Crippen LogP contribution in [0.1, 0.15) is 29.8 Å². The van der Waals surface area contributed by atoms with Crippen molar-refractivity contribution < 1.29 is 14.3 Å². The number of pyridine rings is 2. The van der Waals surface area contributed by atoms with E-state index in [0.29, 0.717) is 23.6 Å². The first-order valence-electron chi connectivity index (χ1n) is 10.4. The molecule has 3 heterocycles. The maximum Gasteiger partial charge on any atom is 0.251 e. The van der Waals surface area contributed by atoms with Gasteiger partial charge in [-0.2, -0.15) is 0 Å². The SMILES string of the molecule is CC1CN(c2ccc(CNC(=O)c3ccc(Oc4cccnc4)cc3)cn2)CC(C)O1. The third kappa shape index (κ3) is 5.58. The van der Waals surface area contributed by atoms with Gasteiger partial charge >= 0.3 is 0 Å². The van der Waals surface area contributed by atoms with Gasteiger partial charge in [-0.25, -0.2) is 4.98 Å². The molecule has 3 aromatic rings. The molecule has 1 amide bonds. The van der Waals surface area contributed by atoms with Crippen molar-refractivity contribution in [2.24, 2.45) is 0 Å². The molecule has 1 aliphatic heterocycles. The summed E-state index contributed by atoms with van der Waals surface area (Å²) in [6.07, 6.45) is 5.51. The lowest BCUT2D eigenvalue weighted by Gasteiger charge is -2.36. The van der Waals surface area contributed by atoms with Gasteiger partial charge in [0.05, 0.1) is 18.4 Å². The lowest BCUT2D eigenvalue weighted by molar-refractivity contribution is -0.00546. The zero-order chi connectivity index (χ0) is 21.6. The molecule has 31 heavy (non-hydrogen) atoms. The highest BCUT2D eigenvalue weighted by molar-refractivity contribution is 5.94. The largest absolute Gasteiger partial charge is 0.456 e. The summed E-state index contributed by atoms with van der Waals surface area (Å²) in [4.78, 5) is 23.3. The summed E-state index contributed by atoms with van der Waals surface area (Å²) in [6.45, 7) is 6.21. The third-order valence-electron chi connectivity index (χ3n) is 4.99. The number of nitrogens with one attached hydrogen (secondary N) is 1. The first-order valence-corrected chi connectivity index (χ1v) is 10.4. The summed E-state index contributed by atoms with van der Waals surface area (Å²) in [6, 6.07) is 14.6. The van der Waals surface area contributed by atoms with E-state index in [1.54, 1.807) is 42.7 Å². The molecule has 0 saturated carbocycles. The molecule has 7 heteroatoms. The van der Waals surface area contributed by atoms with Crippen molar-refractivity contribution in [2.45, 2.75) is 32.6 Å². The Balaban J connectivity index is 1.30. The van der Waals surface area contributed by atoms with E-state index in [0.717, 1.165) is 24.5 Å². The average molecular weight is 418 g/mol. The van der Waals surface area contributed by atoms with E-state index in [2.05, 4.69) is 34.0 Å². The van der Waals surface area contributed by atoms with Crippen molar-refractivity contribution in [2.75, 3.05) is 18.0 Å².